The van der Waals surface area contributed by atoms with Gasteiger partial charge in [-0.1, -0.05) is 47.7 Å². The zero-order valence-corrected chi connectivity index (χ0v) is 13.5. The number of rotatable bonds is 4. The second-order valence-corrected chi connectivity index (χ2v) is 6.68. The Morgan fingerprint density at radius 1 is 1.42 bits per heavy atom. The lowest BCUT2D eigenvalue weighted by atomic mass is 10.2. The third kappa shape index (κ3) is 5.80. The standard InChI is InChI=1S/C13H17ClN2OS2/c1-9(19-13(18)16(2)3)12(17)15-8-10-4-6-11(14)7-5-10/h4-7,9H,8H2,1-3H3,(H,15,17)/t9-/m1/s1. The Labute approximate surface area is 128 Å². The minimum absolute atomic E-state index is 0.0239. The van der Waals surface area contributed by atoms with Gasteiger partial charge in [-0.25, -0.2) is 0 Å². The van der Waals surface area contributed by atoms with Crippen molar-refractivity contribution in [3.63, 3.8) is 0 Å². The van der Waals surface area contributed by atoms with Crippen molar-refractivity contribution in [2.75, 3.05) is 14.1 Å². The minimum atomic E-state index is -0.206. The molecule has 0 radical (unpaired) electrons. The van der Waals surface area contributed by atoms with E-state index >= 15 is 0 Å². The predicted molar refractivity (Wildman–Crippen MR) is 86.6 cm³/mol. The first-order chi connectivity index (χ1) is 8.90. The summed E-state index contributed by atoms with van der Waals surface area (Å²) in [6.07, 6.45) is 0. The molecule has 0 aromatic heterocycles. The Hall–Kier alpha value is -0.780. The van der Waals surface area contributed by atoms with E-state index in [1.165, 1.54) is 11.8 Å². The summed E-state index contributed by atoms with van der Waals surface area (Å²) in [6.45, 7) is 2.34. The van der Waals surface area contributed by atoms with Gasteiger partial charge in [0.1, 0.15) is 4.32 Å². The van der Waals surface area contributed by atoms with Crippen LogP contribution >= 0.6 is 35.6 Å². The van der Waals surface area contributed by atoms with E-state index in [0.29, 0.717) is 15.9 Å². The van der Waals surface area contributed by atoms with Crippen LogP contribution in [-0.2, 0) is 11.3 Å². The van der Waals surface area contributed by atoms with Crippen LogP contribution in [-0.4, -0.2) is 34.5 Å². The topological polar surface area (TPSA) is 32.3 Å². The molecule has 1 rings (SSSR count). The van der Waals surface area contributed by atoms with E-state index in [9.17, 15) is 4.79 Å². The van der Waals surface area contributed by atoms with Crippen LogP contribution in [0.1, 0.15) is 12.5 Å². The highest BCUT2D eigenvalue weighted by Gasteiger charge is 2.16. The van der Waals surface area contributed by atoms with Crippen LogP contribution in [0.5, 0.6) is 0 Å². The van der Waals surface area contributed by atoms with Gasteiger partial charge in [0, 0.05) is 25.7 Å². The number of benzene rings is 1. The molecule has 3 nitrogen and oxygen atoms in total. The Morgan fingerprint density at radius 2 is 2.00 bits per heavy atom. The van der Waals surface area contributed by atoms with E-state index in [0.717, 1.165) is 5.56 Å². The third-order valence-corrected chi connectivity index (χ3v) is 4.43. The molecule has 0 unspecified atom stereocenters. The first-order valence-corrected chi connectivity index (χ1v) is 7.47. The summed E-state index contributed by atoms with van der Waals surface area (Å²) in [6, 6.07) is 7.40. The molecule has 0 aliphatic heterocycles. The van der Waals surface area contributed by atoms with Crippen molar-refractivity contribution in [3.8, 4) is 0 Å². The van der Waals surface area contributed by atoms with Crippen molar-refractivity contribution >= 4 is 45.8 Å². The van der Waals surface area contributed by atoms with Crippen LogP contribution < -0.4 is 5.32 Å². The molecule has 1 aromatic carbocycles. The van der Waals surface area contributed by atoms with Gasteiger partial charge in [-0.15, -0.1) is 0 Å². The molecular formula is C13H17ClN2OS2. The molecule has 0 heterocycles. The second kappa shape index (κ2) is 7.72. The minimum Gasteiger partial charge on any atom is -0.364 e. The number of carbonyl (C=O) groups is 1. The van der Waals surface area contributed by atoms with E-state index < -0.39 is 0 Å². The molecule has 1 amide bonds. The molecule has 1 aromatic rings. The van der Waals surface area contributed by atoms with Crippen LogP contribution in [0.25, 0.3) is 0 Å². The Bertz CT molecular complexity index is 448. The molecule has 0 fully saturated rings. The van der Waals surface area contributed by atoms with Gasteiger partial charge in [0.15, 0.2) is 0 Å². The first-order valence-electron chi connectivity index (χ1n) is 5.80. The number of nitrogens with zero attached hydrogens (tertiary/aromatic N) is 1. The number of halogens is 1. The van der Waals surface area contributed by atoms with Gasteiger partial charge in [0.2, 0.25) is 5.91 Å². The zero-order chi connectivity index (χ0) is 14.4. The highest BCUT2D eigenvalue weighted by molar-refractivity contribution is 8.23. The summed E-state index contributed by atoms with van der Waals surface area (Å²) in [4.78, 5) is 13.7. The maximum atomic E-state index is 11.9. The smallest absolute Gasteiger partial charge is 0.233 e. The van der Waals surface area contributed by atoms with Crippen molar-refractivity contribution in [1.29, 1.82) is 0 Å². The summed E-state index contributed by atoms with van der Waals surface area (Å²) in [7, 11) is 3.74. The van der Waals surface area contributed by atoms with E-state index in [4.69, 9.17) is 23.8 Å². The van der Waals surface area contributed by atoms with Crippen LogP contribution in [0, 0.1) is 0 Å². The third-order valence-electron chi connectivity index (χ3n) is 2.39. The van der Waals surface area contributed by atoms with Gasteiger partial charge in [0.25, 0.3) is 0 Å². The summed E-state index contributed by atoms with van der Waals surface area (Å²) in [5, 5.41) is 3.37. The molecule has 1 N–H and O–H groups in total. The monoisotopic (exact) mass is 316 g/mol. The lowest BCUT2D eigenvalue weighted by Crippen LogP contribution is -2.32. The largest absolute Gasteiger partial charge is 0.364 e. The highest BCUT2D eigenvalue weighted by atomic mass is 35.5. The normalized spacial score (nSPS) is 11.8. The number of amides is 1. The number of thioether (sulfide) groups is 1. The van der Waals surface area contributed by atoms with E-state index in [1.54, 1.807) is 0 Å². The van der Waals surface area contributed by atoms with Gasteiger partial charge in [-0.3, -0.25) is 4.79 Å². The van der Waals surface area contributed by atoms with Crippen LogP contribution in [0.2, 0.25) is 5.02 Å². The molecule has 0 saturated carbocycles. The lowest BCUT2D eigenvalue weighted by Gasteiger charge is -2.17. The number of hydrogen-bond acceptors (Lipinski definition) is 3. The lowest BCUT2D eigenvalue weighted by molar-refractivity contribution is -0.120. The van der Waals surface area contributed by atoms with Crippen LogP contribution in [0.3, 0.4) is 0 Å². The fourth-order valence-corrected chi connectivity index (χ4v) is 2.51. The molecule has 0 bridgehead atoms. The average molecular weight is 317 g/mol. The summed E-state index contributed by atoms with van der Waals surface area (Å²) >= 11 is 12.3. The maximum Gasteiger partial charge on any atom is 0.233 e. The van der Waals surface area contributed by atoms with Crippen LogP contribution in [0.4, 0.5) is 0 Å². The van der Waals surface area contributed by atoms with Crippen molar-refractivity contribution in [1.82, 2.24) is 10.2 Å². The predicted octanol–water partition coefficient (Wildman–Crippen LogP) is 2.92. The number of nitrogens with one attached hydrogen (secondary N) is 1. The molecule has 1 atom stereocenters. The molecule has 0 aliphatic rings. The van der Waals surface area contributed by atoms with Crippen molar-refractivity contribution in [3.05, 3.63) is 34.9 Å². The first kappa shape index (κ1) is 16.3. The second-order valence-electron chi connectivity index (χ2n) is 4.26. The van der Waals surface area contributed by atoms with E-state index in [2.05, 4.69) is 5.32 Å². The average Bonchev–Trinajstić information content (AvgIpc) is 2.37. The van der Waals surface area contributed by atoms with E-state index in [-0.39, 0.29) is 11.2 Å². The van der Waals surface area contributed by atoms with Gasteiger partial charge in [0.05, 0.1) is 5.25 Å². The van der Waals surface area contributed by atoms with E-state index in [1.807, 2.05) is 50.2 Å². The number of thiocarbonyl (C=S) groups is 1. The fraction of sp³-hybridized carbons (Fsp3) is 0.385. The molecule has 19 heavy (non-hydrogen) atoms. The Balaban J connectivity index is 2.42. The summed E-state index contributed by atoms with van der Waals surface area (Å²) in [5.41, 5.74) is 1.02. The fourth-order valence-electron chi connectivity index (χ4n) is 1.25. The van der Waals surface area contributed by atoms with Crippen molar-refractivity contribution in [2.24, 2.45) is 0 Å². The molecule has 104 valence electrons. The SMILES string of the molecule is C[C@@H](SC(=S)N(C)C)C(=O)NCc1ccc(Cl)cc1. The van der Waals surface area contributed by atoms with Gasteiger partial charge in [-0.05, 0) is 24.6 Å². The van der Waals surface area contributed by atoms with Crippen molar-refractivity contribution in [2.45, 2.75) is 18.7 Å². The molecule has 0 aliphatic carbocycles. The van der Waals surface area contributed by atoms with Crippen LogP contribution in [0.15, 0.2) is 24.3 Å². The summed E-state index contributed by atoms with van der Waals surface area (Å²) in [5.74, 6) is -0.0239. The van der Waals surface area contributed by atoms with Gasteiger partial charge < -0.3 is 10.2 Å². The number of hydrogen-bond donors (Lipinski definition) is 1. The number of carbonyl (C=O) groups excluding carboxylic acids is 1. The van der Waals surface area contributed by atoms with Gasteiger partial charge >= 0.3 is 0 Å². The highest BCUT2D eigenvalue weighted by Crippen LogP contribution is 2.15. The van der Waals surface area contributed by atoms with Crippen molar-refractivity contribution < 1.29 is 4.79 Å². The van der Waals surface area contributed by atoms with Gasteiger partial charge in [-0.2, -0.15) is 0 Å². The zero-order valence-electron chi connectivity index (χ0n) is 11.1. The molecule has 6 heteroatoms. The Kier molecular flexibility index (Phi) is 6.62. The molecule has 0 spiro atoms. The quantitative estimate of drug-likeness (QED) is 0.866. The maximum absolute atomic E-state index is 11.9. The summed E-state index contributed by atoms with van der Waals surface area (Å²) < 4.78 is 0.703. The Morgan fingerprint density at radius 3 is 2.53 bits per heavy atom. The molecular weight excluding hydrogens is 300 g/mol. The molecule has 0 saturated heterocycles.